The average Bonchev–Trinajstić information content (AvgIpc) is 2.46. The van der Waals surface area contributed by atoms with Crippen molar-refractivity contribution in [2.24, 2.45) is 0 Å². The number of aryl methyl sites for hydroxylation is 2. The molecule has 6 nitrogen and oxygen atoms in total. The summed E-state index contributed by atoms with van der Waals surface area (Å²) in [6, 6.07) is 2.49. The second-order valence-electron chi connectivity index (χ2n) is 5.44. The van der Waals surface area contributed by atoms with E-state index >= 15 is 0 Å². The maximum absolute atomic E-state index is 11.7. The Hall–Kier alpha value is -2.11. The normalized spacial score (nSPS) is 11.9. The van der Waals surface area contributed by atoms with E-state index in [-0.39, 0.29) is 17.9 Å². The smallest absolute Gasteiger partial charge is 0.326 e. The Balaban J connectivity index is 2.34. The van der Waals surface area contributed by atoms with Crippen molar-refractivity contribution in [3.63, 3.8) is 0 Å². The Morgan fingerprint density at radius 2 is 2.05 bits per heavy atom. The van der Waals surface area contributed by atoms with Gasteiger partial charge in [0.05, 0.1) is 0 Å². The maximum Gasteiger partial charge on any atom is 0.326 e. The number of unbranched alkanes of at least 4 members (excludes halogenated alkanes) is 1. The first-order chi connectivity index (χ1) is 10.4. The zero-order valence-corrected chi connectivity index (χ0v) is 13.2. The number of carbonyl (C=O) groups excluding carboxylic acids is 1. The van der Waals surface area contributed by atoms with Crippen molar-refractivity contribution in [1.29, 1.82) is 0 Å². The molecule has 2 N–H and O–H groups in total. The van der Waals surface area contributed by atoms with Crippen LogP contribution < -0.4 is 10.9 Å². The molecular weight excluding hydrogens is 284 g/mol. The van der Waals surface area contributed by atoms with Crippen LogP contribution in [-0.4, -0.2) is 27.6 Å². The molecule has 1 atom stereocenters. The van der Waals surface area contributed by atoms with Crippen LogP contribution in [0.4, 0.5) is 0 Å². The molecule has 1 aromatic rings. The van der Waals surface area contributed by atoms with E-state index < -0.39 is 12.0 Å². The van der Waals surface area contributed by atoms with E-state index in [1.807, 2.05) is 13.8 Å². The molecule has 1 rings (SSSR count). The molecule has 122 valence electrons. The Morgan fingerprint density at radius 3 is 2.68 bits per heavy atom. The molecule has 0 aliphatic heterocycles. The molecule has 0 saturated heterocycles. The van der Waals surface area contributed by atoms with Crippen LogP contribution in [0.1, 0.15) is 44.6 Å². The monoisotopic (exact) mass is 308 g/mol. The first kappa shape index (κ1) is 17.9. The highest BCUT2D eigenvalue weighted by Gasteiger charge is 2.18. The van der Waals surface area contributed by atoms with Crippen molar-refractivity contribution in [2.45, 2.75) is 58.5 Å². The van der Waals surface area contributed by atoms with Crippen LogP contribution in [0.5, 0.6) is 0 Å². The molecule has 0 aliphatic rings. The van der Waals surface area contributed by atoms with Gasteiger partial charge in [0.25, 0.3) is 5.56 Å². The standard InChI is InChI=1S/C16H24N2O4/c1-3-6-13(16(21)22)17-14(19)7-4-5-10-18-11-12(2)8-9-15(18)20/h8-9,11,13H,3-7,10H2,1-2H3,(H,17,19)(H,21,22). The number of rotatable bonds is 9. The second kappa shape index (κ2) is 9.02. The number of carboxylic acids is 1. The summed E-state index contributed by atoms with van der Waals surface area (Å²) < 4.78 is 1.63. The van der Waals surface area contributed by atoms with Gasteiger partial charge < -0.3 is 15.0 Å². The van der Waals surface area contributed by atoms with Gasteiger partial charge in [0.1, 0.15) is 6.04 Å². The van der Waals surface area contributed by atoms with Gasteiger partial charge in [-0.2, -0.15) is 0 Å². The predicted molar refractivity (Wildman–Crippen MR) is 83.8 cm³/mol. The van der Waals surface area contributed by atoms with Crippen LogP contribution in [0.15, 0.2) is 23.1 Å². The lowest BCUT2D eigenvalue weighted by atomic mass is 10.1. The highest BCUT2D eigenvalue weighted by Crippen LogP contribution is 2.02. The highest BCUT2D eigenvalue weighted by atomic mass is 16.4. The number of hydrogen-bond donors (Lipinski definition) is 2. The Morgan fingerprint density at radius 1 is 1.32 bits per heavy atom. The minimum absolute atomic E-state index is 0.0519. The fourth-order valence-electron chi connectivity index (χ4n) is 2.21. The van der Waals surface area contributed by atoms with Crippen LogP contribution in [-0.2, 0) is 16.1 Å². The van der Waals surface area contributed by atoms with E-state index in [2.05, 4.69) is 5.32 Å². The number of nitrogens with one attached hydrogen (secondary N) is 1. The highest BCUT2D eigenvalue weighted by molar-refractivity contribution is 5.83. The number of pyridine rings is 1. The van der Waals surface area contributed by atoms with Gasteiger partial charge in [-0.25, -0.2) is 4.79 Å². The summed E-state index contributed by atoms with van der Waals surface area (Å²) in [4.78, 5) is 34.3. The third-order valence-corrected chi connectivity index (χ3v) is 3.39. The minimum atomic E-state index is -0.999. The number of amides is 1. The van der Waals surface area contributed by atoms with E-state index in [9.17, 15) is 14.4 Å². The van der Waals surface area contributed by atoms with Crippen molar-refractivity contribution in [2.75, 3.05) is 0 Å². The summed E-state index contributed by atoms with van der Waals surface area (Å²) in [5.41, 5.74) is 0.963. The Kier molecular flexibility index (Phi) is 7.36. The fraction of sp³-hybridized carbons (Fsp3) is 0.562. The largest absolute Gasteiger partial charge is 0.480 e. The Labute approximate surface area is 130 Å². The third-order valence-electron chi connectivity index (χ3n) is 3.39. The lowest BCUT2D eigenvalue weighted by Crippen LogP contribution is -2.40. The van der Waals surface area contributed by atoms with Gasteiger partial charge in [-0.05, 0) is 31.7 Å². The van der Waals surface area contributed by atoms with Crippen LogP contribution in [0, 0.1) is 6.92 Å². The summed E-state index contributed by atoms with van der Waals surface area (Å²) in [5.74, 6) is -1.25. The zero-order valence-electron chi connectivity index (χ0n) is 13.2. The zero-order chi connectivity index (χ0) is 16.5. The van der Waals surface area contributed by atoms with Crippen molar-refractivity contribution in [1.82, 2.24) is 9.88 Å². The van der Waals surface area contributed by atoms with Gasteiger partial charge in [-0.1, -0.05) is 19.4 Å². The molecule has 1 unspecified atom stereocenters. The minimum Gasteiger partial charge on any atom is -0.480 e. The first-order valence-corrected chi connectivity index (χ1v) is 7.63. The summed E-state index contributed by atoms with van der Waals surface area (Å²) in [6.07, 6.45) is 4.51. The average molecular weight is 308 g/mol. The second-order valence-corrected chi connectivity index (χ2v) is 5.44. The van der Waals surface area contributed by atoms with Gasteiger partial charge in [0, 0.05) is 25.2 Å². The molecule has 1 amide bonds. The molecule has 0 bridgehead atoms. The number of aliphatic carboxylic acids is 1. The number of aromatic nitrogens is 1. The molecule has 6 heteroatoms. The molecule has 0 aliphatic carbocycles. The number of carbonyl (C=O) groups is 2. The van der Waals surface area contributed by atoms with E-state index in [1.54, 1.807) is 16.8 Å². The molecular formula is C16H24N2O4. The lowest BCUT2D eigenvalue weighted by Gasteiger charge is -2.13. The molecule has 0 aromatic carbocycles. The quantitative estimate of drug-likeness (QED) is 0.680. The van der Waals surface area contributed by atoms with Crippen LogP contribution in [0.2, 0.25) is 0 Å². The van der Waals surface area contributed by atoms with Crippen LogP contribution >= 0.6 is 0 Å². The predicted octanol–water partition coefficient (Wildman–Crippen LogP) is 1.70. The number of carboxylic acid groups (broad SMARTS) is 1. The SMILES string of the molecule is CCCC(NC(=O)CCCCn1cc(C)ccc1=O)C(=O)O. The molecule has 1 aromatic heterocycles. The van der Waals surface area contributed by atoms with E-state index in [0.717, 1.165) is 5.56 Å². The van der Waals surface area contributed by atoms with Crippen molar-refractivity contribution in [3.05, 3.63) is 34.2 Å². The van der Waals surface area contributed by atoms with E-state index in [1.165, 1.54) is 6.07 Å². The molecule has 0 radical (unpaired) electrons. The van der Waals surface area contributed by atoms with Gasteiger partial charge in [-0.15, -0.1) is 0 Å². The summed E-state index contributed by atoms with van der Waals surface area (Å²) in [6.45, 7) is 4.36. The maximum atomic E-state index is 11.7. The fourth-order valence-corrected chi connectivity index (χ4v) is 2.21. The van der Waals surface area contributed by atoms with Gasteiger partial charge in [0.15, 0.2) is 0 Å². The van der Waals surface area contributed by atoms with Crippen LogP contribution in [0.3, 0.4) is 0 Å². The third kappa shape index (κ3) is 6.11. The summed E-state index contributed by atoms with van der Waals surface area (Å²) in [7, 11) is 0. The van der Waals surface area contributed by atoms with Gasteiger partial charge >= 0.3 is 5.97 Å². The first-order valence-electron chi connectivity index (χ1n) is 7.63. The van der Waals surface area contributed by atoms with Crippen molar-refractivity contribution in [3.8, 4) is 0 Å². The number of nitrogens with zero attached hydrogens (tertiary/aromatic N) is 1. The van der Waals surface area contributed by atoms with Crippen LogP contribution in [0.25, 0.3) is 0 Å². The number of hydrogen-bond acceptors (Lipinski definition) is 3. The van der Waals surface area contributed by atoms with E-state index in [4.69, 9.17) is 5.11 Å². The van der Waals surface area contributed by atoms with Crippen molar-refractivity contribution >= 4 is 11.9 Å². The van der Waals surface area contributed by atoms with Crippen molar-refractivity contribution < 1.29 is 14.7 Å². The topological polar surface area (TPSA) is 88.4 Å². The summed E-state index contributed by atoms with van der Waals surface area (Å²) >= 11 is 0. The molecule has 0 spiro atoms. The molecule has 0 fully saturated rings. The molecule has 0 saturated carbocycles. The van der Waals surface area contributed by atoms with E-state index in [0.29, 0.717) is 32.2 Å². The molecule has 22 heavy (non-hydrogen) atoms. The lowest BCUT2D eigenvalue weighted by molar-refractivity contribution is -0.142. The molecule has 1 heterocycles. The Bertz CT molecular complexity index is 566. The van der Waals surface area contributed by atoms with Gasteiger partial charge in [-0.3, -0.25) is 9.59 Å². The van der Waals surface area contributed by atoms with Gasteiger partial charge in [0.2, 0.25) is 5.91 Å². The summed E-state index contributed by atoms with van der Waals surface area (Å²) in [5, 5.41) is 11.5.